The number of aryl methyl sites for hydroxylation is 1. The predicted molar refractivity (Wildman–Crippen MR) is 77.1 cm³/mol. The first-order chi connectivity index (χ1) is 9.69. The first kappa shape index (κ1) is 12.9. The fraction of sp³-hybridized carbons (Fsp3) is 0.214. The molecule has 0 amide bonds. The molecular weight excluding hydrogens is 274 g/mol. The lowest BCUT2D eigenvalue weighted by Crippen LogP contribution is -2.16. The second-order valence-electron chi connectivity index (χ2n) is 4.37. The van der Waals surface area contributed by atoms with E-state index >= 15 is 0 Å². The van der Waals surface area contributed by atoms with Gasteiger partial charge in [-0.1, -0.05) is 36.0 Å². The monoisotopic (exact) mass is 287 g/mol. The number of carbonyl (C=O) groups excluding carboxylic acids is 1. The number of hydrogen-bond donors (Lipinski definition) is 0. The number of rotatable bonds is 3. The van der Waals surface area contributed by atoms with Gasteiger partial charge in [-0.15, -0.1) is 10.2 Å². The van der Waals surface area contributed by atoms with Crippen LogP contribution in [0.5, 0.6) is 5.75 Å². The van der Waals surface area contributed by atoms with Gasteiger partial charge in [0.05, 0.1) is 7.11 Å². The summed E-state index contributed by atoms with van der Waals surface area (Å²) in [6, 6.07) is 7.68. The van der Waals surface area contributed by atoms with Crippen LogP contribution in [-0.2, 0) is 0 Å². The molecule has 3 rings (SSSR count). The molecule has 1 atom stereocenters. The molecule has 102 valence electrons. The first-order valence-corrected chi connectivity index (χ1v) is 7.02. The van der Waals surface area contributed by atoms with Crippen LogP contribution in [0.2, 0.25) is 0 Å². The molecule has 5 nitrogen and oxygen atoms in total. The topological polar surface area (TPSA) is 57.0 Å². The average Bonchev–Trinajstić information content (AvgIpc) is 2.98. The Morgan fingerprint density at radius 1 is 1.30 bits per heavy atom. The van der Waals surface area contributed by atoms with E-state index in [1.807, 2.05) is 36.4 Å². The van der Waals surface area contributed by atoms with Crippen LogP contribution in [0.25, 0.3) is 6.08 Å². The number of ether oxygens (including phenoxy) is 1. The Hall–Kier alpha value is -2.08. The minimum atomic E-state index is -0.235. The SMILES string of the molecule is COc1ccc(/C=C\C2Sc3nnc(C)n3C2=O)cc1. The molecule has 1 unspecified atom stereocenters. The van der Waals surface area contributed by atoms with Crippen LogP contribution in [0.15, 0.2) is 35.5 Å². The molecule has 2 heterocycles. The van der Waals surface area contributed by atoms with Crippen molar-refractivity contribution in [2.75, 3.05) is 7.11 Å². The summed E-state index contributed by atoms with van der Waals surface area (Å²) in [5, 5.41) is 8.30. The van der Waals surface area contributed by atoms with Crippen LogP contribution in [0, 0.1) is 6.92 Å². The number of methoxy groups -OCH3 is 1. The maximum Gasteiger partial charge on any atom is 0.251 e. The van der Waals surface area contributed by atoms with E-state index in [-0.39, 0.29) is 11.2 Å². The van der Waals surface area contributed by atoms with Crippen LogP contribution in [0.3, 0.4) is 0 Å². The summed E-state index contributed by atoms with van der Waals surface area (Å²) in [6.45, 7) is 1.78. The second kappa shape index (κ2) is 5.13. The molecule has 1 aromatic carbocycles. The molecule has 0 spiro atoms. The van der Waals surface area contributed by atoms with Crippen molar-refractivity contribution in [1.82, 2.24) is 14.8 Å². The Morgan fingerprint density at radius 3 is 2.70 bits per heavy atom. The molecule has 0 saturated carbocycles. The third-order valence-electron chi connectivity index (χ3n) is 3.07. The highest BCUT2D eigenvalue weighted by Crippen LogP contribution is 2.32. The van der Waals surface area contributed by atoms with Gasteiger partial charge >= 0.3 is 0 Å². The van der Waals surface area contributed by atoms with Gasteiger partial charge in [-0.3, -0.25) is 4.79 Å². The van der Waals surface area contributed by atoms with Crippen LogP contribution in [0.1, 0.15) is 16.2 Å². The van der Waals surface area contributed by atoms with E-state index in [2.05, 4.69) is 10.2 Å². The molecule has 2 aromatic rings. The Labute approximate surface area is 120 Å². The van der Waals surface area contributed by atoms with Gasteiger partial charge in [0.25, 0.3) is 5.91 Å². The summed E-state index contributed by atoms with van der Waals surface area (Å²) < 4.78 is 6.67. The van der Waals surface area contributed by atoms with Gasteiger partial charge in [-0.05, 0) is 24.6 Å². The molecule has 0 fully saturated rings. The number of hydrogen-bond acceptors (Lipinski definition) is 5. The number of carbonyl (C=O) groups is 1. The quantitative estimate of drug-likeness (QED) is 0.867. The highest BCUT2D eigenvalue weighted by molar-refractivity contribution is 8.01. The number of thioether (sulfide) groups is 1. The van der Waals surface area contributed by atoms with Crippen molar-refractivity contribution in [3.63, 3.8) is 0 Å². The van der Waals surface area contributed by atoms with Crippen molar-refractivity contribution in [2.24, 2.45) is 0 Å². The Balaban J connectivity index is 1.76. The van der Waals surface area contributed by atoms with Crippen molar-refractivity contribution >= 4 is 23.7 Å². The Kier molecular flexibility index (Phi) is 3.31. The third kappa shape index (κ3) is 2.22. The number of aromatic nitrogens is 3. The third-order valence-corrected chi connectivity index (χ3v) is 4.16. The van der Waals surface area contributed by atoms with Crippen molar-refractivity contribution in [3.05, 3.63) is 41.7 Å². The smallest absolute Gasteiger partial charge is 0.251 e. The van der Waals surface area contributed by atoms with Crippen LogP contribution >= 0.6 is 11.8 Å². The minimum absolute atomic E-state index is 0.0114. The van der Waals surface area contributed by atoms with Gasteiger partial charge in [-0.25, -0.2) is 4.57 Å². The minimum Gasteiger partial charge on any atom is -0.497 e. The van der Waals surface area contributed by atoms with Gasteiger partial charge in [0.2, 0.25) is 0 Å². The summed E-state index contributed by atoms with van der Waals surface area (Å²) in [5.41, 5.74) is 1.03. The molecular formula is C14H13N3O2S. The average molecular weight is 287 g/mol. The van der Waals surface area contributed by atoms with Crippen molar-refractivity contribution in [1.29, 1.82) is 0 Å². The van der Waals surface area contributed by atoms with E-state index in [0.717, 1.165) is 11.3 Å². The molecule has 0 saturated heterocycles. The molecule has 20 heavy (non-hydrogen) atoms. The Bertz CT molecular complexity index is 676. The number of fused-ring (bicyclic) bond motifs is 1. The zero-order valence-electron chi connectivity index (χ0n) is 11.1. The summed E-state index contributed by atoms with van der Waals surface area (Å²) in [7, 11) is 1.64. The second-order valence-corrected chi connectivity index (χ2v) is 5.48. The number of benzene rings is 1. The lowest BCUT2D eigenvalue weighted by atomic mass is 10.2. The fourth-order valence-corrected chi connectivity index (χ4v) is 3.01. The summed E-state index contributed by atoms with van der Waals surface area (Å²) in [5.74, 6) is 1.46. The van der Waals surface area contributed by atoms with Crippen LogP contribution < -0.4 is 4.74 Å². The molecule has 6 heteroatoms. The van der Waals surface area contributed by atoms with E-state index in [4.69, 9.17) is 4.74 Å². The maximum absolute atomic E-state index is 12.2. The van der Waals surface area contributed by atoms with Gasteiger partial charge in [0.1, 0.15) is 16.8 Å². The van der Waals surface area contributed by atoms with Gasteiger partial charge in [-0.2, -0.15) is 0 Å². The highest BCUT2D eigenvalue weighted by Gasteiger charge is 2.32. The van der Waals surface area contributed by atoms with E-state index in [1.54, 1.807) is 18.6 Å². The van der Waals surface area contributed by atoms with Crippen molar-refractivity contribution in [3.8, 4) is 5.75 Å². The molecule has 0 N–H and O–H groups in total. The Morgan fingerprint density at radius 2 is 2.05 bits per heavy atom. The van der Waals surface area contributed by atoms with E-state index < -0.39 is 0 Å². The zero-order chi connectivity index (χ0) is 14.1. The zero-order valence-corrected chi connectivity index (χ0v) is 11.9. The van der Waals surface area contributed by atoms with Crippen molar-refractivity contribution in [2.45, 2.75) is 17.3 Å². The van der Waals surface area contributed by atoms with Gasteiger partial charge < -0.3 is 4.74 Å². The largest absolute Gasteiger partial charge is 0.497 e. The molecule has 0 aliphatic carbocycles. The predicted octanol–water partition coefficient (Wildman–Crippen LogP) is 2.42. The van der Waals surface area contributed by atoms with Crippen molar-refractivity contribution < 1.29 is 9.53 Å². The lowest BCUT2D eigenvalue weighted by Gasteiger charge is -2.01. The first-order valence-electron chi connectivity index (χ1n) is 6.14. The highest BCUT2D eigenvalue weighted by atomic mass is 32.2. The van der Waals surface area contributed by atoms with Crippen LogP contribution in [-0.4, -0.2) is 33.0 Å². The van der Waals surface area contributed by atoms with Gasteiger partial charge in [0.15, 0.2) is 5.16 Å². The molecule has 1 aromatic heterocycles. The summed E-state index contributed by atoms with van der Waals surface area (Å²) in [6.07, 6.45) is 3.83. The molecule has 1 aliphatic rings. The fourth-order valence-electron chi connectivity index (χ4n) is 2.00. The summed E-state index contributed by atoms with van der Waals surface area (Å²) >= 11 is 1.42. The summed E-state index contributed by atoms with van der Waals surface area (Å²) in [4.78, 5) is 12.2. The van der Waals surface area contributed by atoms with E-state index in [1.165, 1.54) is 11.8 Å². The lowest BCUT2D eigenvalue weighted by molar-refractivity contribution is 0.0919. The molecule has 0 bridgehead atoms. The normalized spacial score (nSPS) is 17.7. The number of nitrogens with zero attached hydrogens (tertiary/aromatic N) is 3. The molecule has 1 aliphatic heterocycles. The van der Waals surface area contributed by atoms with Crippen LogP contribution in [0.4, 0.5) is 0 Å². The van der Waals surface area contributed by atoms with Gasteiger partial charge in [0, 0.05) is 0 Å². The standard InChI is InChI=1S/C14H13N3O2S/c1-9-15-16-14-17(9)13(18)12(20-14)8-5-10-3-6-11(19-2)7-4-10/h3-8,12H,1-2H3/b8-5-. The van der Waals surface area contributed by atoms with E-state index in [0.29, 0.717) is 11.0 Å². The molecule has 0 radical (unpaired) electrons. The maximum atomic E-state index is 12.2. The van der Waals surface area contributed by atoms with E-state index in [9.17, 15) is 4.79 Å².